The molecule has 0 spiro atoms. The number of anilines is 1. The normalized spacial score (nSPS) is 13.6. The second kappa shape index (κ2) is 8.60. The third-order valence-corrected chi connectivity index (χ3v) is 4.70. The molecule has 1 N–H and O–H groups in total. The number of amides is 1. The number of pyridine rings is 2. The fourth-order valence-electron chi connectivity index (χ4n) is 3.17. The summed E-state index contributed by atoms with van der Waals surface area (Å²) in [4.78, 5) is 27.2. The van der Waals surface area contributed by atoms with Gasteiger partial charge in [-0.3, -0.25) is 9.78 Å². The molecule has 8 nitrogen and oxygen atoms in total. The number of rotatable bonds is 7. The summed E-state index contributed by atoms with van der Waals surface area (Å²) in [6, 6.07) is 7.60. The van der Waals surface area contributed by atoms with Gasteiger partial charge in [0.1, 0.15) is 5.82 Å². The summed E-state index contributed by atoms with van der Waals surface area (Å²) in [6.07, 6.45) is 8.26. The van der Waals surface area contributed by atoms with E-state index in [1.54, 1.807) is 18.6 Å². The number of hydrogen-bond acceptors (Lipinski definition) is 7. The summed E-state index contributed by atoms with van der Waals surface area (Å²) in [5, 5.41) is 6.89. The van der Waals surface area contributed by atoms with Crippen LogP contribution >= 0.6 is 0 Å². The molecular weight excluding hydrogens is 356 g/mol. The Morgan fingerprint density at radius 3 is 2.79 bits per heavy atom. The number of hydrogen-bond donors (Lipinski definition) is 1. The van der Waals surface area contributed by atoms with Crippen molar-refractivity contribution >= 4 is 11.7 Å². The van der Waals surface area contributed by atoms with Crippen LogP contribution in [0.15, 0.2) is 47.4 Å². The summed E-state index contributed by atoms with van der Waals surface area (Å²) >= 11 is 0. The van der Waals surface area contributed by atoms with Gasteiger partial charge in [0.05, 0.1) is 0 Å². The summed E-state index contributed by atoms with van der Waals surface area (Å²) in [6.45, 7) is 2.58. The summed E-state index contributed by atoms with van der Waals surface area (Å²) in [5.41, 5.74) is 1.88. The summed E-state index contributed by atoms with van der Waals surface area (Å²) < 4.78 is 5.23. The molecule has 3 aromatic heterocycles. The fourth-order valence-corrected chi connectivity index (χ4v) is 3.17. The van der Waals surface area contributed by atoms with Gasteiger partial charge in [0.2, 0.25) is 17.6 Å². The Morgan fingerprint density at radius 2 is 1.96 bits per heavy atom. The quantitative estimate of drug-likeness (QED) is 0.674. The number of aromatic nitrogens is 4. The topological polar surface area (TPSA) is 97.0 Å². The van der Waals surface area contributed by atoms with Crippen molar-refractivity contribution < 1.29 is 9.32 Å². The zero-order valence-corrected chi connectivity index (χ0v) is 15.5. The van der Waals surface area contributed by atoms with Crippen molar-refractivity contribution in [3.8, 4) is 11.4 Å². The van der Waals surface area contributed by atoms with E-state index in [9.17, 15) is 4.79 Å². The molecule has 0 saturated carbocycles. The van der Waals surface area contributed by atoms with Crippen LogP contribution in [0.25, 0.3) is 11.4 Å². The summed E-state index contributed by atoms with van der Waals surface area (Å²) in [7, 11) is 0. The number of nitrogens with one attached hydrogen (secondary N) is 1. The highest BCUT2D eigenvalue weighted by atomic mass is 16.5. The Hall–Kier alpha value is -3.29. The first kappa shape index (κ1) is 18.1. The van der Waals surface area contributed by atoms with Crippen LogP contribution in [0.3, 0.4) is 0 Å². The molecule has 144 valence electrons. The maximum absolute atomic E-state index is 12.2. The third kappa shape index (κ3) is 4.51. The zero-order valence-electron chi connectivity index (χ0n) is 15.5. The highest BCUT2D eigenvalue weighted by Crippen LogP contribution is 2.18. The maximum Gasteiger partial charge on any atom is 0.227 e. The Morgan fingerprint density at radius 1 is 1.14 bits per heavy atom. The predicted octanol–water partition coefficient (Wildman–Crippen LogP) is 2.38. The lowest BCUT2D eigenvalue weighted by Crippen LogP contribution is -2.24. The molecule has 1 saturated heterocycles. The van der Waals surface area contributed by atoms with Crippen LogP contribution in [0.5, 0.6) is 0 Å². The Labute approximate surface area is 163 Å². The monoisotopic (exact) mass is 378 g/mol. The van der Waals surface area contributed by atoms with Gasteiger partial charge in [0, 0.05) is 56.6 Å². The minimum absolute atomic E-state index is 0.0526. The van der Waals surface area contributed by atoms with Gasteiger partial charge in [0.25, 0.3) is 0 Å². The van der Waals surface area contributed by atoms with Crippen LogP contribution in [0.4, 0.5) is 5.82 Å². The van der Waals surface area contributed by atoms with E-state index in [4.69, 9.17) is 4.52 Å². The number of carbonyl (C=O) groups is 1. The van der Waals surface area contributed by atoms with Crippen LogP contribution in [0, 0.1) is 0 Å². The van der Waals surface area contributed by atoms with E-state index in [1.807, 2.05) is 24.3 Å². The molecule has 3 aromatic rings. The molecule has 28 heavy (non-hydrogen) atoms. The van der Waals surface area contributed by atoms with E-state index in [0.29, 0.717) is 31.1 Å². The SMILES string of the molecule is O=C(CCc1nc(-c2ccncc2)no1)NCc1ccnc(N2CCCC2)c1. The first-order valence-corrected chi connectivity index (χ1v) is 9.47. The molecule has 0 aromatic carbocycles. The van der Waals surface area contributed by atoms with Gasteiger partial charge in [-0.1, -0.05) is 5.16 Å². The molecule has 0 atom stereocenters. The lowest BCUT2D eigenvalue weighted by molar-refractivity contribution is -0.121. The van der Waals surface area contributed by atoms with Crippen LogP contribution in [0.1, 0.15) is 30.7 Å². The largest absolute Gasteiger partial charge is 0.357 e. The summed E-state index contributed by atoms with van der Waals surface area (Å²) in [5.74, 6) is 1.88. The van der Waals surface area contributed by atoms with Crippen molar-refractivity contribution in [1.82, 2.24) is 25.4 Å². The van der Waals surface area contributed by atoms with Crippen LogP contribution < -0.4 is 10.2 Å². The lowest BCUT2D eigenvalue weighted by atomic mass is 10.2. The van der Waals surface area contributed by atoms with Crippen LogP contribution in [-0.2, 0) is 17.8 Å². The minimum atomic E-state index is -0.0526. The third-order valence-electron chi connectivity index (χ3n) is 4.70. The number of carbonyl (C=O) groups excluding carboxylic acids is 1. The van der Waals surface area contributed by atoms with E-state index < -0.39 is 0 Å². The minimum Gasteiger partial charge on any atom is -0.357 e. The van der Waals surface area contributed by atoms with Gasteiger partial charge in [-0.25, -0.2) is 4.98 Å². The zero-order chi connectivity index (χ0) is 19.2. The molecule has 1 aliphatic heterocycles. The van der Waals surface area contributed by atoms with E-state index in [1.165, 1.54) is 12.8 Å². The Bertz CT molecular complexity index is 921. The first-order valence-electron chi connectivity index (χ1n) is 9.47. The van der Waals surface area contributed by atoms with Gasteiger partial charge in [-0.2, -0.15) is 4.98 Å². The maximum atomic E-state index is 12.2. The molecule has 4 rings (SSSR count). The van der Waals surface area contributed by atoms with Crippen LogP contribution in [-0.4, -0.2) is 39.1 Å². The van der Waals surface area contributed by atoms with Gasteiger partial charge >= 0.3 is 0 Å². The van der Waals surface area contributed by atoms with E-state index in [2.05, 4.69) is 30.3 Å². The van der Waals surface area contributed by atoms with Crippen LogP contribution in [0.2, 0.25) is 0 Å². The number of aryl methyl sites for hydroxylation is 1. The number of nitrogens with zero attached hydrogens (tertiary/aromatic N) is 5. The molecule has 1 fully saturated rings. The first-order chi connectivity index (χ1) is 13.8. The second-order valence-corrected chi connectivity index (χ2v) is 6.74. The standard InChI is InChI=1S/C20H22N6O2/c27-18(3-4-19-24-20(25-28-19)16-6-8-21-9-7-16)23-14-15-5-10-22-17(13-15)26-11-1-2-12-26/h5-10,13H,1-4,11-12,14H2,(H,23,27). The van der Waals surface area contributed by atoms with E-state index in [0.717, 1.165) is 30.0 Å². The molecule has 8 heteroatoms. The van der Waals surface area contributed by atoms with Crippen molar-refractivity contribution in [2.24, 2.45) is 0 Å². The Kier molecular flexibility index (Phi) is 5.56. The fraction of sp³-hybridized carbons (Fsp3) is 0.350. The predicted molar refractivity (Wildman–Crippen MR) is 103 cm³/mol. The molecule has 4 heterocycles. The van der Waals surface area contributed by atoms with Gasteiger partial charge in [-0.05, 0) is 42.7 Å². The molecule has 0 aliphatic carbocycles. The highest BCUT2D eigenvalue weighted by Gasteiger charge is 2.14. The van der Waals surface area contributed by atoms with Crippen molar-refractivity contribution in [2.45, 2.75) is 32.2 Å². The van der Waals surface area contributed by atoms with Crippen molar-refractivity contribution in [2.75, 3.05) is 18.0 Å². The van der Waals surface area contributed by atoms with Crippen molar-refractivity contribution in [1.29, 1.82) is 0 Å². The molecular formula is C20H22N6O2. The van der Waals surface area contributed by atoms with Gasteiger partial charge in [0.15, 0.2) is 0 Å². The highest BCUT2D eigenvalue weighted by molar-refractivity contribution is 5.76. The molecule has 0 radical (unpaired) electrons. The molecule has 1 amide bonds. The van der Waals surface area contributed by atoms with Crippen molar-refractivity contribution in [3.05, 3.63) is 54.3 Å². The molecule has 0 unspecified atom stereocenters. The van der Waals surface area contributed by atoms with Gasteiger partial charge < -0.3 is 14.7 Å². The average Bonchev–Trinajstić information content (AvgIpc) is 3.44. The smallest absolute Gasteiger partial charge is 0.227 e. The molecule has 0 bridgehead atoms. The van der Waals surface area contributed by atoms with Crippen molar-refractivity contribution in [3.63, 3.8) is 0 Å². The lowest BCUT2D eigenvalue weighted by Gasteiger charge is -2.16. The van der Waals surface area contributed by atoms with Gasteiger partial charge in [-0.15, -0.1) is 0 Å². The van der Waals surface area contributed by atoms with E-state index >= 15 is 0 Å². The second-order valence-electron chi connectivity index (χ2n) is 6.74. The molecule has 1 aliphatic rings. The van der Waals surface area contributed by atoms with E-state index in [-0.39, 0.29) is 5.91 Å². The average molecular weight is 378 g/mol. The Balaban J connectivity index is 1.26.